The molecule has 0 radical (unpaired) electrons. The van der Waals surface area contributed by atoms with Crippen LogP contribution in [0.2, 0.25) is 0 Å². The van der Waals surface area contributed by atoms with Crippen molar-refractivity contribution in [2.24, 2.45) is 23.2 Å². The largest absolute Gasteiger partial charge is 0.468 e. The minimum atomic E-state index is 0.238. The van der Waals surface area contributed by atoms with E-state index in [4.69, 9.17) is 33.2 Å². The summed E-state index contributed by atoms with van der Waals surface area (Å²) in [4.78, 5) is 0. The van der Waals surface area contributed by atoms with E-state index in [0.717, 1.165) is 44.6 Å². The molecule has 0 N–H and O–H groups in total. The van der Waals surface area contributed by atoms with Crippen molar-refractivity contribution >= 4 is 0 Å². The summed E-state index contributed by atoms with van der Waals surface area (Å²) in [6, 6.07) is 6.76. The molecular weight excluding hydrogens is 508 g/mol. The molecular formula is C33H54O7. The molecule has 40 heavy (non-hydrogen) atoms. The first-order chi connectivity index (χ1) is 19.6. The molecule has 0 amide bonds. The minimum Gasteiger partial charge on any atom is -0.468 e. The lowest BCUT2D eigenvalue weighted by Crippen LogP contribution is -2.47. The van der Waals surface area contributed by atoms with E-state index in [-0.39, 0.29) is 12.2 Å². The van der Waals surface area contributed by atoms with Crippen LogP contribution in [0.25, 0.3) is 0 Å². The predicted octanol–water partition coefficient (Wildman–Crippen LogP) is 6.37. The highest BCUT2D eigenvalue weighted by atomic mass is 16.7. The van der Waals surface area contributed by atoms with Crippen molar-refractivity contribution < 1.29 is 33.2 Å². The Morgan fingerprint density at radius 2 is 1.60 bits per heavy atom. The van der Waals surface area contributed by atoms with Crippen molar-refractivity contribution in [3.05, 3.63) is 29.3 Å². The highest BCUT2D eigenvalue weighted by Gasteiger charge is 2.57. The number of hydrogen-bond donors (Lipinski definition) is 0. The van der Waals surface area contributed by atoms with Crippen LogP contribution in [-0.2, 0) is 34.8 Å². The molecule has 1 aromatic rings. The highest BCUT2D eigenvalue weighted by molar-refractivity contribution is 5.41. The second kappa shape index (κ2) is 16.4. The van der Waals surface area contributed by atoms with Gasteiger partial charge in [-0.2, -0.15) is 0 Å². The predicted molar refractivity (Wildman–Crippen MR) is 156 cm³/mol. The van der Waals surface area contributed by atoms with Gasteiger partial charge in [-0.15, -0.1) is 0 Å². The Morgan fingerprint density at radius 1 is 0.850 bits per heavy atom. The van der Waals surface area contributed by atoms with Crippen molar-refractivity contribution in [1.82, 2.24) is 0 Å². The summed E-state index contributed by atoms with van der Waals surface area (Å²) in [7, 11) is 3.40. The van der Waals surface area contributed by atoms with Gasteiger partial charge in [0.05, 0.1) is 32.5 Å². The number of fused-ring (bicyclic) bond motifs is 5. The van der Waals surface area contributed by atoms with E-state index < -0.39 is 0 Å². The van der Waals surface area contributed by atoms with E-state index in [2.05, 4.69) is 32.0 Å². The lowest BCUT2D eigenvalue weighted by molar-refractivity contribution is -0.128. The summed E-state index contributed by atoms with van der Waals surface area (Å²) in [5.74, 6) is 3.62. The Bertz CT molecular complexity index is 863. The standard InChI is InChI=1S/C33H54O7/c1-5-15-36-17-19-38-20-18-37-16-7-6-8-25-21-26-22-27(39-23-34-3)9-10-28(26)29-13-14-33(2)30(32(25)29)11-12-31(33)40-24-35-4/h9-10,22,25,29-32H,5-8,11-21,23-24H2,1-4H3/t25-,29-,30+,31+,32-,33+/m1/s1. The van der Waals surface area contributed by atoms with Crippen LogP contribution < -0.4 is 4.74 Å². The zero-order valence-electron chi connectivity index (χ0n) is 25.5. The van der Waals surface area contributed by atoms with Crippen LogP contribution >= 0.6 is 0 Å². The fourth-order valence-electron chi connectivity index (χ4n) is 7.94. The van der Waals surface area contributed by atoms with Gasteiger partial charge in [0, 0.05) is 27.4 Å². The van der Waals surface area contributed by atoms with E-state index in [0.29, 0.717) is 63.0 Å². The summed E-state index contributed by atoms with van der Waals surface area (Å²) < 4.78 is 39.5. The number of hydrogen-bond acceptors (Lipinski definition) is 7. The Labute approximate surface area is 242 Å². The zero-order chi connectivity index (χ0) is 28.2. The van der Waals surface area contributed by atoms with E-state index in [9.17, 15) is 0 Å². The first-order valence-electron chi connectivity index (χ1n) is 15.7. The van der Waals surface area contributed by atoms with E-state index in [1.807, 2.05) is 0 Å². The number of rotatable bonds is 19. The Morgan fingerprint density at radius 3 is 2.35 bits per heavy atom. The van der Waals surface area contributed by atoms with Gasteiger partial charge in [0.2, 0.25) is 0 Å². The van der Waals surface area contributed by atoms with E-state index in [1.165, 1.54) is 37.7 Å². The van der Waals surface area contributed by atoms with Gasteiger partial charge in [-0.25, -0.2) is 0 Å². The third-order valence-corrected chi connectivity index (χ3v) is 9.72. The monoisotopic (exact) mass is 562 g/mol. The maximum Gasteiger partial charge on any atom is 0.188 e. The molecule has 6 atom stereocenters. The average Bonchev–Trinajstić information content (AvgIpc) is 3.31. The second-order valence-corrected chi connectivity index (χ2v) is 12.2. The van der Waals surface area contributed by atoms with Crippen LogP contribution in [0.4, 0.5) is 0 Å². The average molecular weight is 563 g/mol. The molecule has 3 aliphatic carbocycles. The molecule has 0 heterocycles. The van der Waals surface area contributed by atoms with Gasteiger partial charge in [-0.3, -0.25) is 0 Å². The summed E-state index contributed by atoms with van der Waals surface area (Å²) in [6.07, 6.45) is 10.9. The maximum absolute atomic E-state index is 6.26. The molecule has 0 aliphatic heterocycles. The molecule has 0 unspecified atom stereocenters. The molecule has 2 saturated carbocycles. The first-order valence-corrected chi connectivity index (χ1v) is 15.7. The molecule has 7 heteroatoms. The van der Waals surface area contributed by atoms with E-state index in [1.54, 1.807) is 19.8 Å². The van der Waals surface area contributed by atoms with Crippen LogP contribution in [0, 0.1) is 23.2 Å². The summed E-state index contributed by atoms with van der Waals surface area (Å²) in [6.45, 7) is 9.51. The van der Waals surface area contributed by atoms with Crippen molar-refractivity contribution in [2.45, 2.75) is 83.7 Å². The van der Waals surface area contributed by atoms with Crippen LogP contribution in [0.15, 0.2) is 18.2 Å². The molecule has 3 aliphatic rings. The second-order valence-electron chi connectivity index (χ2n) is 12.2. The van der Waals surface area contributed by atoms with Gasteiger partial charge in [-0.1, -0.05) is 26.3 Å². The third kappa shape index (κ3) is 7.99. The van der Waals surface area contributed by atoms with Gasteiger partial charge in [0.15, 0.2) is 6.79 Å². The normalized spacial score (nSPS) is 29.1. The Hall–Kier alpha value is -1.22. The van der Waals surface area contributed by atoms with Crippen LogP contribution in [-0.4, -0.2) is 73.6 Å². The first kappa shape index (κ1) is 31.7. The Kier molecular flexibility index (Phi) is 13.0. The fraction of sp³-hybridized carbons (Fsp3) is 0.818. The number of unbranched alkanes of at least 4 members (excludes halogenated alkanes) is 1. The van der Waals surface area contributed by atoms with Gasteiger partial charge in [0.25, 0.3) is 0 Å². The number of ether oxygens (including phenoxy) is 7. The van der Waals surface area contributed by atoms with Crippen LogP contribution in [0.1, 0.15) is 82.3 Å². The molecule has 228 valence electrons. The molecule has 2 fully saturated rings. The number of methoxy groups -OCH3 is 2. The van der Waals surface area contributed by atoms with Gasteiger partial charge < -0.3 is 33.2 Å². The summed E-state index contributed by atoms with van der Waals surface area (Å²) in [5, 5.41) is 0. The van der Waals surface area contributed by atoms with Gasteiger partial charge in [-0.05, 0) is 104 Å². The topological polar surface area (TPSA) is 64.6 Å². The van der Waals surface area contributed by atoms with Crippen LogP contribution in [0.5, 0.6) is 5.75 Å². The van der Waals surface area contributed by atoms with Gasteiger partial charge in [0.1, 0.15) is 12.5 Å². The molecule has 0 aromatic heterocycles. The summed E-state index contributed by atoms with van der Waals surface area (Å²) >= 11 is 0. The highest BCUT2D eigenvalue weighted by Crippen LogP contribution is 2.63. The lowest BCUT2D eigenvalue weighted by Gasteiger charge is -2.53. The molecule has 4 rings (SSSR count). The molecule has 1 aromatic carbocycles. The molecule has 0 bridgehead atoms. The zero-order valence-corrected chi connectivity index (χ0v) is 25.5. The molecule has 0 spiro atoms. The van der Waals surface area contributed by atoms with Crippen molar-refractivity contribution in [3.8, 4) is 5.75 Å². The third-order valence-electron chi connectivity index (χ3n) is 9.72. The lowest BCUT2D eigenvalue weighted by atomic mass is 9.52. The van der Waals surface area contributed by atoms with Crippen LogP contribution in [0.3, 0.4) is 0 Å². The summed E-state index contributed by atoms with van der Waals surface area (Å²) in [5.41, 5.74) is 3.27. The van der Waals surface area contributed by atoms with Crippen molar-refractivity contribution in [2.75, 3.05) is 67.4 Å². The Balaban J connectivity index is 1.34. The smallest absolute Gasteiger partial charge is 0.188 e. The van der Waals surface area contributed by atoms with E-state index >= 15 is 0 Å². The maximum atomic E-state index is 6.26. The van der Waals surface area contributed by atoms with Crippen molar-refractivity contribution in [1.29, 1.82) is 0 Å². The van der Waals surface area contributed by atoms with Gasteiger partial charge >= 0.3 is 0 Å². The molecule has 7 nitrogen and oxygen atoms in total. The SMILES string of the molecule is CCCOCCOCCOCCCC[C@@H]1Cc2cc(OCOC)ccc2[C@H]2CC[C@]3(C)[C@@H](OCOC)CC[C@H]3[C@H]12. The quantitative estimate of drug-likeness (QED) is 0.143. The fourth-order valence-corrected chi connectivity index (χ4v) is 7.94. The minimum absolute atomic E-state index is 0.238. The van der Waals surface area contributed by atoms with Crippen molar-refractivity contribution in [3.63, 3.8) is 0 Å². The number of benzene rings is 1. The molecule has 0 saturated heterocycles.